The lowest BCUT2D eigenvalue weighted by atomic mass is 10.1. The molecule has 0 unspecified atom stereocenters. The number of carbonyl (C=O) groups excluding carboxylic acids is 2. The Bertz CT molecular complexity index is 1150. The summed E-state index contributed by atoms with van der Waals surface area (Å²) >= 11 is 0. The third kappa shape index (κ3) is 3.99. The third-order valence-corrected chi connectivity index (χ3v) is 4.91. The number of benzene rings is 2. The number of rotatable bonds is 5. The molecule has 1 aromatic heterocycles. The maximum absolute atomic E-state index is 12.3. The molecule has 0 fully saturated rings. The van der Waals surface area contributed by atoms with Gasteiger partial charge in [0.2, 0.25) is 0 Å². The number of hydrogen-bond donors (Lipinski definition) is 1. The van der Waals surface area contributed by atoms with Crippen LogP contribution in [-0.4, -0.2) is 39.5 Å². The maximum atomic E-state index is 12.3. The van der Waals surface area contributed by atoms with Crippen molar-refractivity contribution in [2.24, 2.45) is 0 Å². The van der Waals surface area contributed by atoms with E-state index in [9.17, 15) is 18.6 Å². The van der Waals surface area contributed by atoms with E-state index >= 15 is 0 Å². The van der Waals surface area contributed by atoms with Crippen molar-refractivity contribution < 1.29 is 23.3 Å². The molecule has 0 saturated carbocycles. The first-order chi connectivity index (χ1) is 13.4. The fourth-order valence-electron chi connectivity index (χ4n) is 2.60. The summed E-state index contributed by atoms with van der Waals surface area (Å²) in [5.41, 5.74) is 0.269. The molecule has 0 radical (unpaired) electrons. The zero-order chi connectivity index (χ0) is 20.3. The minimum Gasteiger partial charge on any atom is -0.465 e. The highest BCUT2D eigenvalue weighted by Crippen LogP contribution is 2.15. The third-order valence-electron chi connectivity index (χ3n) is 3.93. The Kier molecular flexibility index (Phi) is 5.65. The molecule has 144 valence electrons. The van der Waals surface area contributed by atoms with E-state index in [0.29, 0.717) is 4.90 Å². The summed E-state index contributed by atoms with van der Waals surface area (Å²) in [6.45, 7) is -0.294. The van der Waals surface area contributed by atoms with Gasteiger partial charge < -0.3 is 14.5 Å². The molecule has 0 aliphatic carbocycles. The van der Waals surface area contributed by atoms with Gasteiger partial charge in [0.25, 0.3) is 5.56 Å². The quantitative estimate of drug-likeness (QED) is 0.649. The van der Waals surface area contributed by atoms with E-state index in [-0.39, 0.29) is 34.5 Å². The SMILES string of the molecule is COC(=O)c1ccc2c(=O)[nH]c(COC(=O)c3ccccc3[S@](C)=O)nc2c1. The van der Waals surface area contributed by atoms with Gasteiger partial charge in [-0.05, 0) is 30.3 Å². The standard InChI is InChI=1S/C19H16N2O6S/c1-26-18(23)11-7-8-12-14(9-11)20-16(21-17(12)22)10-27-19(24)13-5-3-4-6-15(13)28(2)25/h3-9H,10H2,1-2H3,(H,20,21,22)/t28-/m0/s1. The van der Waals surface area contributed by atoms with Gasteiger partial charge in [-0.15, -0.1) is 0 Å². The van der Waals surface area contributed by atoms with Crippen LogP contribution in [0.3, 0.4) is 0 Å². The largest absolute Gasteiger partial charge is 0.465 e. The van der Waals surface area contributed by atoms with Crippen molar-refractivity contribution in [1.82, 2.24) is 9.97 Å². The van der Waals surface area contributed by atoms with Gasteiger partial charge >= 0.3 is 11.9 Å². The predicted octanol–water partition coefficient (Wildman–Crippen LogP) is 1.80. The molecule has 9 heteroatoms. The second-order valence-corrected chi connectivity index (χ2v) is 7.11. The van der Waals surface area contributed by atoms with E-state index in [1.54, 1.807) is 18.2 Å². The van der Waals surface area contributed by atoms with Gasteiger partial charge in [-0.25, -0.2) is 14.6 Å². The molecule has 0 spiro atoms. The van der Waals surface area contributed by atoms with Gasteiger partial charge in [0.15, 0.2) is 0 Å². The number of nitrogens with zero attached hydrogens (tertiary/aromatic N) is 1. The van der Waals surface area contributed by atoms with Crippen LogP contribution in [0.4, 0.5) is 0 Å². The molecule has 1 N–H and O–H groups in total. The number of hydrogen-bond acceptors (Lipinski definition) is 7. The number of nitrogens with one attached hydrogen (secondary N) is 1. The summed E-state index contributed by atoms with van der Waals surface area (Å²) in [6, 6.07) is 10.8. The number of methoxy groups -OCH3 is 1. The fourth-order valence-corrected chi connectivity index (χ4v) is 3.33. The molecule has 0 aliphatic rings. The lowest BCUT2D eigenvalue weighted by Gasteiger charge is -2.08. The van der Waals surface area contributed by atoms with Crippen molar-refractivity contribution in [2.75, 3.05) is 13.4 Å². The van der Waals surface area contributed by atoms with Crippen LogP contribution in [0.2, 0.25) is 0 Å². The Balaban J connectivity index is 1.86. The molecule has 0 aliphatic heterocycles. The number of fused-ring (bicyclic) bond motifs is 1. The monoisotopic (exact) mass is 400 g/mol. The predicted molar refractivity (Wildman–Crippen MR) is 102 cm³/mol. The molecule has 2 aromatic carbocycles. The number of esters is 2. The van der Waals surface area contributed by atoms with Gasteiger partial charge in [-0.3, -0.25) is 9.00 Å². The van der Waals surface area contributed by atoms with E-state index in [1.165, 1.54) is 37.6 Å². The van der Waals surface area contributed by atoms with Crippen LogP contribution in [0.5, 0.6) is 0 Å². The lowest BCUT2D eigenvalue weighted by Crippen LogP contribution is -2.15. The minimum absolute atomic E-state index is 0.114. The van der Waals surface area contributed by atoms with Crippen molar-refractivity contribution in [3.63, 3.8) is 0 Å². The van der Waals surface area contributed by atoms with Crippen LogP contribution in [0.1, 0.15) is 26.5 Å². The minimum atomic E-state index is -1.36. The maximum Gasteiger partial charge on any atom is 0.339 e. The summed E-state index contributed by atoms with van der Waals surface area (Å²) < 4.78 is 21.6. The highest BCUT2D eigenvalue weighted by atomic mass is 32.2. The Morgan fingerprint density at radius 2 is 1.89 bits per heavy atom. The lowest BCUT2D eigenvalue weighted by molar-refractivity contribution is 0.0457. The molecular formula is C19H16N2O6S. The molecule has 0 amide bonds. The van der Waals surface area contributed by atoms with Gasteiger partial charge in [-0.2, -0.15) is 0 Å². The van der Waals surface area contributed by atoms with Crippen molar-refractivity contribution in [3.8, 4) is 0 Å². The summed E-state index contributed by atoms with van der Waals surface area (Å²) in [6.07, 6.45) is 1.47. The molecule has 28 heavy (non-hydrogen) atoms. The fraction of sp³-hybridized carbons (Fsp3) is 0.158. The van der Waals surface area contributed by atoms with E-state index in [4.69, 9.17) is 4.74 Å². The van der Waals surface area contributed by atoms with E-state index in [2.05, 4.69) is 14.7 Å². The summed E-state index contributed by atoms with van der Waals surface area (Å²) in [7, 11) is -0.104. The van der Waals surface area contributed by atoms with Gasteiger partial charge in [0, 0.05) is 6.26 Å². The smallest absolute Gasteiger partial charge is 0.339 e. The molecular weight excluding hydrogens is 384 g/mol. The van der Waals surface area contributed by atoms with Gasteiger partial charge in [0.05, 0.1) is 44.8 Å². The molecule has 8 nitrogen and oxygen atoms in total. The average molecular weight is 400 g/mol. The number of carbonyl (C=O) groups is 2. The second-order valence-electron chi connectivity index (χ2n) is 5.76. The number of aromatic nitrogens is 2. The summed E-state index contributed by atoms with van der Waals surface area (Å²) in [5, 5.41) is 0.287. The highest BCUT2D eigenvalue weighted by molar-refractivity contribution is 7.84. The first-order valence-electron chi connectivity index (χ1n) is 8.11. The highest BCUT2D eigenvalue weighted by Gasteiger charge is 2.16. The van der Waals surface area contributed by atoms with E-state index in [0.717, 1.165) is 0 Å². The van der Waals surface area contributed by atoms with Crippen LogP contribution in [0, 0.1) is 0 Å². The summed E-state index contributed by atoms with van der Waals surface area (Å²) in [5.74, 6) is -1.12. The van der Waals surface area contributed by atoms with Crippen LogP contribution in [0.15, 0.2) is 52.2 Å². The zero-order valence-electron chi connectivity index (χ0n) is 15.1. The normalized spacial score (nSPS) is 11.8. The molecule has 0 bridgehead atoms. The molecule has 1 atom stereocenters. The Morgan fingerprint density at radius 1 is 1.14 bits per heavy atom. The number of H-pyrrole nitrogens is 1. The molecule has 1 heterocycles. The van der Waals surface area contributed by atoms with Crippen LogP contribution >= 0.6 is 0 Å². The van der Waals surface area contributed by atoms with Crippen molar-refractivity contribution >= 4 is 33.6 Å². The van der Waals surface area contributed by atoms with Crippen molar-refractivity contribution in [1.29, 1.82) is 0 Å². The molecule has 3 aromatic rings. The molecule has 0 saturated heterocycles. The van der Waals surface area contributed by atoms with Gasteiger partial charge in [-0.1, -0.05) is 12.1 Å². The van der Waals surface area contributed by atoms with Crippen molar-refractivity contribution in [2.45, 2.75) is 11.5 Å². The Labute approximate surface area is 162 Å². The average Bonchev–Trinajstić information content (AvgIpc) is 2.70. The van der Waals surface area contributed by atoms with Crippen LogP contribution in [-0.2, 0) is 26.9 Å². The Hall–Kier alpha value is -3.33. The number of ether oxygens (including phenoxy) is 2. The van der Waals surface area contributed by atoms with E-state index < -0.39 is 28.3 Å². The van der Waals surface area contributed by atoms with E-state index in [1.807, 2.05) is 0 Å². The first-order valence-corrected chi connectivity index (χ1v) is 9.67. The van der Waals surface area contributed by atoms with Crippen LogP contribution in [0.25, 0.3) is 10.9 Å². The van der Waals surface area contributed by atoms with Crippen LogP contribution < -0.4 is 5.56 Å². The zero-order valence-corrected chi connectivity index (χ0v) is 15.9. The topological polar surface area (TPSA) is 115 Å². The van der Waals surface area contributed by atoms with Crippen molar-refractivity contribution in [3.05, 3.63) is 69.8 Å². The second kappa shape index (κ2) is 8.13. The van der Waals surface area contributed by atoms with Gasteiger partial charge in [0.1, 0.15) is 12.4 Å². The first kappa shape index (κ1) is 19.4. The number of aromatic amines is 1. The Morgan fingerprint density at radius 3 is 2.61 bits per heavy atom. The molecule has 3 rings (SSSR count). The summed E-state index contributed by atoms with van der Waals surface area (Å²) in [4.78, 5) is 43.3.